The van der Waals surface area contributed by atoms with Gasteiger partial charge in [0.1, 0.15) is 6.04 Å². The SMILES string of the molecule is O=C(NCc1ccccc1Cl)c1ccc(CN([C@@H]2CCCCNC2=O)S(=O)(=O)c2ccc(Cl)cc2)cc1. The summed E-state index contributed by atoms with van der Waals surface area (Å²) in [7, 11) is -4.01. The number of hydrogen-bond donors (Lipinski definition) is 2. The lowest BCUT2D eigenvalue weighted by molar-refractivity contribution is -0.124. The molecule has 4 rings (SSSR count). The number of carbonyl (C=O) groups is 2. The van der Waals surface area contributed by atoms with Gasteiger partial charge in [0.05, 0.1) is 4.90 Å². The van der Waals surface area contributed by atoms with Crippen molar-refractivity contribution in [2.45, 2.75) is 43.3 Å². The van der Waals surface area contributed by atoms with Crippen molar-refractivity contribution in [3.05, 3.63) is 99.5 Å². The predicted octanol–water partition coefficient (Wildman–Crippen LogP) is 4.78. The Balaban J connectivity index is 1.54. The molecule has 1 atom stereocenters. The first-order valence-electron chi connectivity index (χ1n) is 11.9. The number of benzene rings is 3. The zero-order valence-electron chi connectivity index (χ0n) is 20.0. The monoisotopic (exact) mass is 559 g/mol. The van der Waals surface area contributed by atoms with Gasteiger partial charge in [-0.1, -0.05) is 53.5 Å². The second-order valence-corrected chi connectivity index (χ2v) is 11.5. The average Bonchev–Trinajstić information content (AvgIpc) is 3.11. The summed E-state index contributed by atoms with van der Waals surface area (Å²) in [5.74, 6) is -0.592. The van der Waals surface area contributed by atoms with E-state index in [2.05, 4.69) is 10.6 Å². The molecule has 37 heavy (non-hydrogen) atoms. The number of amides is 2. The van der Waals surface area contributed by atoms with E-state index in [4.69, 9.17) is 23.2 Å². The number of hydrogen-bond acceptors (Lipinski definition) is 4. The van der Waals surface area contributed by atoms with Crippen molar-refractivity contribution in [2.75, 3.05) is 6.54 Å². The third-order valence-corrected chi connectivity index (χ3v) is 8.72. The largest absolute Gasteiger partial charge is 0.355 e. The number of halogens is 2. The molecule has 0 aliphatic carbocycles. The topological polar surface area (TPSA) is 95.6 Å². The van der Waals surface area contributed by atoms with Gasteiger partial charge in [0, 0.05) is 35.2 Å². The molecule has 0 saturated carbocycles. The van der Waals surface area contributed by atoms with Crippen LogP contribution < -0.4 is 10.6 Å². The van der Waals surface area contributed by atoms with E-state index in [1.54, 1.807) is 30.3 Å². The van der Waals surface area contributed by atoms with Crippen LogP contribution in [0.25, 0.3) is 0 Å². The van der Waals surface area contributed by atoms with E-state index in [0.29, 0.717) is 34.1 Å². The zero-order chi connectivity index (χ0) is 26.4. The van der Waals surface area contributed by atoms with Crippen LogP contribution in [0.3, 0.4) is 0 Å². The normalized spacial score (nSPS) is 16.2. The first kappa shape index (κ1) is 27.1. The minimum atomic E-state index is -4.01. The summed E-state index contributed by atoms with van der Waals surface area (Å²) in [6.07, 6.45) is 1.93. The second kappa shape index (κ2) is 12.1. The summed E-state index contributed by atoms with van der Waals surface area (Å²) in [5.41, 5.74) is 1.88. The van der Waals surface area contributed by atoms with Crippen molar-refractivity contribution in [2.24, 2.45) is 0 Å². The summed E-state index contributed by atoms with van der Waals surface area (Å²) in [4.78, 5) is 25.5. The van der Waals surface area contributed by atoms with E-state index >= 15 is 0 Å². The Hall–Kier alpha value is -2.91. The Bertz CT molecular complexity index is 1360. The molecule has 2 amide bonds. The van der Waals surface area contributed by atoms with Crippen molar-refractivity contribution < 1.29 is 18.0 Å². The van der Waals surface area contributed by atoms with Gasteiger partial charge >= 0.3 is 0 Å². The summed E-state index contributed by atoms with van der Waals surface area (Å²) >= 11 is 12.1. The molecule has 1 aliphatic rings. The van der Waals surface area contributed by atoms with Gasteiger partial charge < -0.3 is 10.6 Å². The van der Waals surface area contributed by atoms with E-state index in [-0.39, 0.29) is 29.8 Å². The van der Waals surface area contributed by atoms with E-state index in [1.807, 2.05) is 18.2 Å². The smallest absolute Gasteiger partial charge is 0.251 e. The van der Waals surface area contributed by atoms with Crippen LogP contribution in [-0.4, -0.2) is 37.1 Å². The molecular formula is C27H27Cl2N3O4S. The number of carbonyl (C=O) groups excluding carboxylic acids is 2. The van der Waals surface area contributed by atoms with E-state index in [0.717, 1.165) is 18.4 Å². The molecule has 2 N–H and O–H groups in total. The molecule has 1 saturated heterocycles. The van der Waals surface area contributed by atoms with Crippen LogP contribution in [0.15, 0.2) is 77.7 Å². The second-order valence-electron chi connectivity index (χ2n) is 8.78. The molecular weight excluding hydrogens is 533 g/mol. The van der Waals surface area contributed by atoms with Crippen molar-refractivity contribution in [3.8, 4) is 0 Å². The van der Waals surface area contributed by atoms with Crippen LogP contribution in [0.4, 0.5) is 0 Å². The quantitative estimate of drug-likeness (QED) is 0.415. The fourth-order valence-corrected chi connectivity index (χ4v) is 6.10. The molecule has 194 valence electrons. The van der Waals surface area contributed by atoms with Gasteiger partial charge in [-0.3, -0.25) is 9.59 Å². The minimum absolute atomic E-state index is 0.0232. The molecule has 0 bridgehead atoms. The number of nitrogens with zero attached hydrogens (tertiary/aromatic N) is 1. The Morgan fingerprint density at radius 3 is 2.38 bits per heavy atom. The first-order valence-corrected chi connectivity index (χ1v) is 14.1. The van der Waals surface area contributed by atoms with Crippen LogP contribution in [0.1, 0.15) is 40.7 Å². The fourth-order valence-electron chi connectivity index (χ4n) is 4.16. The zero-order valence-corrected chi connectivity index (χ0v) is 22.3. The van der Waals surface area contributed by atoms with E-state index < -0.39 is 16.1 Å². The van der Waals surface area contributed by atoms with Crippen molar-refractivity contribution in [1.82, 2.24) is 14.9 Å². The van der Waals surface area contributed by atoms with Gasteiger partial charge in [0.2, 0.25) is 15.9 Å². The van der Waals surface area contributed by atoms with Crippen molar-refractivity contribution >= 4 is 45.0 Å². The van der Waals surface area contributed by atoms with Gasteiger partial charge in [-0.2, -0.15) is 4.31 Å². The maximum Gasteiger partial charge on any atom is 0.251 e. The molecule has 0 spiro atoms. The molecule has 10 heteroatoms. The van der Waals surface area contributed by atoms with Crippen molar-refractivity contribution in [3.63, 3.8) is 0 Å². The van der Waals surface area contributed by atoms with Gasteiger partial charge in [-0.15, -0.1) is 0 Å². The Morgan fingerprint density at radius 1 is 0.973 bits per heavy atom. The third-order valence-electron chi connectivity index (χ3n) is 6.23. The lowest BCUT2D eigenvalue weighted by Crippen LogP contribution is -2.48. The van der Waals surface area contributed by atoms with E-state index in [9.17, 15) is 18.0 Å². The predicted molar refractivity (Wildman–Crippen MR) is 144 cm³/mol. The fraction of sp³-hybridized carbons (Fsp3) is 0.259. The molecule has 0 aromatic heterocycles. The summed E-state index contributed by atoms with van der Waals surface area (Å²) in [6.45, 7) is 0.775. The van der Waals surface area contributed by atoms with Crippen LogP contribution in [0.2, 0.25) is 10.0 Å². The molecule has 0 radical (unpaired) electrons. The van der Waals surface area contributed by atoms with Gasteiger partial charge in [0.15, 0.2) is 0 Å². The average molecular weight is 561 g/mol. The third kappa shape index (κ3) is 6.70. The maximum absolute atomic E-state index is 13.7. The highest BCUT2D eigenvalue weighted by Crippen LogP contribution is 2.26. The highest BCUT2D eigenvalue weighted by Gasteiger charge is 2.36. The van der Waals surface area contributed by atoms with Crippen LogP contribution in [-0.2, 0) is 27.9 Å². The molecule has 7 nitrogen and oxygen atoms in total. The van der Waals surface area contributed by atoms with E-state index in [1.165, 1.54) is 28.6 Å². The molecule has 3 aromatic carbocycles. The lowest BCUT2D eigenvalue weighted by atomic mass is 10.1. The highest BCUT2D eigenvalue weighted by molar-refractivity contribution is 7.89. The van der Waals surface area contributed by atoms with Crippen molar-refractivity contribution in [1.29, 1.82) is 0 Å². The summed E-state index contributed by atoms with van der Waals surface area (Å²) < 4.78 is 28.6. The molecule has 3 aromatic rings. The molecule has 1 aliphatic heterocycles. The highest BCUT2D eigenvalue weighted by atomic mass is 35.5. The van der Waals surface area contributed by atoms with Crippen LogP contribution >= 0.6 is 23.2 Å². The number of nitrogens with one attached hydrogen (secondary N) is 2. The Morgan fingerprint density at radius 2 is 1.68 bits per heavy atom. The molecule has 1 fully saturated rings. The Labute approximate surface area is 226 Å². The summed E-state index contributed by atoms with van der Waals surface area (Å²) in [5, 5.41) is 6.65. The molecule has 1 heterocycles. The van der Waals surface area contributed by atoms with Gasteiger partial charge in [-0.25, -0.2) is 8.42 Å². The van der Waals surface area contributed by atoms with Gasteiger partial charge in [0.25, 0.3) is 5.91 Å². The molecule has 0 unspecified atom stereocenters. The standard InChI is InChI=1S/C27H27Cl2N3O4S/c28-22-12-14-23(15-13-22)37(35,36)32(25-7-3-4-16-30-27(25)34)18-19-8-10-20(11-9-19)26(33)31-17-21-5-1-2-6-24(21)29/h1-2,5-6,8-15,25H,3-4,7,16-18H2,(H,30,34)(H,31,33)/t25-/m1/s1. The maximum atomic E-state index is 13.7. The lowest BCUT2D eigenvalue weighted by Gasteiger charge is -2.29. The van der Waals surface area contributed by atoms with Gasteiger partial charge in [-0.05, 0) is 72.9 Å². The summed E-state index contributed by atoms with van der Waals surface area (Å²) in [6, 6.07) is 19.0. The Kier molecular flexibility index (Phi) is 8.87. The van der Waals surface area contributed by atoms with Crippen LogP contribution in [0.5, 0.6) is 0 Å². The van der Waals surface area contributed by atoms with Crippen LogP contribution in [0, 0.1) is 0 Å². The first-order chi connectivity index (χ1) is 17.8. The minimum Gasteiger partial charge on any atom is -0.355 e. The number of rotatable bonds is 8. The number of sulfonamides is 1.